The van der Waals surface area contributed by atoms with Gasteiger partial charge < -0.3 is 4.74 Å². The number of fused-ring (bicyclic) bond motifs is 2. The van der Waals surface area contributed by atoms with Crippen molar-refractivity contribution in [2.75, 3.05) is 7.11 Å². The van der Waals surface area contributed by atoms with E-state index >= 15 is 9.59 Å². The molecule has 4 heteroatoms. The Labute approximate surface area is 244 Å². The second kappa shape index (κ2) is 13.0. The van der Waals surface area contributed by atoms with Crippen LogP contribution < -0.4 is 0 Å². The first-order valence-electron chi connectivity index (χ1n) is 15.0. The zero-order valence-corrected chi connectivity index (χ0v) is 27.3. The molecule has 222 valence electrons. The lowest BCUT2D eigenvalue weighted by atomic mass is 9.38. The lowest BCUT2D eigenvalue weighted by Gasteiger charge is -2.61. The molecule has 2 aliphatic rings. The molecular weight excluding hydrogens is 496 g/mol. The Morgan fingerprint density at radius 3 is 1.93 bits per heavy atom. The monoisotopic (exact) mass is 550 g/mol. The second-order valence-electron chi connectivity index (χ2n) is 13.6. The lowest BCUT2D eigenvalue weighted by Crippen LogP contribution is -2.71. The predicted molar refractivity (Wildman–Crippen MR) is 166 cm³/mol. The number of carbonyl (C=O) groups excluding carboxylic acids is 3. The SMILES string of the molecule is COC1=C(CC=C(C)C)C(=O)C2(C(=O)C(C)C)C(=O)C1(CC=C(C)C)CC(CC=C(C)C)C2(C)CCC=C(C)C. The quantitative estimate of drug-likeness (QED) is 0.180. The van der Waals surface area contributed by atoms with Gasteiger partial charge in [0, 0.05) is 11.5 Å². The third kappa shape index (κ3) is 5.92. The van der Waals surface area contributed by atoms with Gasteiger partial charge in [-0.1, -0.05) is 67.4 Å². The van der Waals surface area contributed by atoms with Gasteiger partial charge in [0.15, 0.2) is 22.8 Å². The largest absolute Gasteiger partial charge is 0.500 e. The zero-order chi connectivity index (χ0) is 30.6. The molecule has 2 bridgehead atoms. The van der Waals surface area contributed by atoms with Crippen molar-refractivity contribution in [3.63, 3.8) is 0 Å². The summed E-state index contributed by atoms with van der Waals surface area (Å²) in [6, 6.07) is 0. The van der Waals surface area contributed by atoms with E-state index in [1.54, 1.807) is 7.11 Å². The van der Waals surface area contributed by atoms with Crippen LogP contribution in [0.4, 0.5) is 0 Å². The minimum absolute atomic E-state index is 0.0574. The summed E-state index contributed by atoms with van der Waals surface area (Å²) < 4.78 is 6.08. The molecule has 4 nitrogen and oxygen atoms in total. The second-order valence-corrected chi connectivity index (χ2v) is 13.6. The highest BCUT2D eigenvalue weighted by Gasteiger charge is 2.76. The highest BCUT2D eigenvalue weighted by Crippen LogP contribution is 2.67. The summed E-state index contributed by atoms with van der Waals surface area (Å²) in [5.41, 5.74) is 1.39. The van der Waals surface area contributed by atoms with Crippen molar-refractivity contribution in [1.82, 2.24) is 0 Å². The highest BCUT2D eigenvalue weighted by molar-refractivity contribution is 6.33. The highest BCUT2D eigenvalue weighted by atomic mass is 16.5. The molecule has 0 saturated heterocycles. The summed E-state index contributed by atoms with van der Waals surface area (Å²) in [6.45, 7) is 22.0. The average Bonchev–Trinajstić information content (AvgIpc) is 2.84. The van der Waals surface area contributed by atoms with Crippen LogP contribution in [0, 0.1) is 28.1 Å². The Balaban J connectivity index is 3.14. The predicted octanol–water partition coefficient (Wildman–Crippen LogP) is 9.08. The fourth-order valence-electron chi connectivity index (χ4n) is 7.01. The number of hydrogen-bond acceptors (Lipinski definition) is 4. The van der Waals surface area contributed by atoms with Gasteiger partial charge in [0.2, 0.25) is 0 Å². The number of hydrogen-bond donors (Lipinski definition) is 0. The van der Waals surface area contributed by atoms with E-state index in [1.165, 1.54) is 11.1 Å². The lowest BCUT2D eigenvalue weighted by molar-refractivity contribution is -0.180. The summed E-state index contributed by atoms with van der Waals surface area (Å²) in [5.74, 6) is -0.869. The molecule has 0 amide bonds. The summed E-state index contributed by atoms with van der Waals surface area (Å²) >= 11 is 0. The normalized spacial score (nSPS) is 27.8. The molecular formula is C36H54O4. The van der Waals surface area contributed by atoms with Gasteiger partial charge in [0.25, 0.3) is 0 Å². The first-order chi connectivity index (χ1) is 18.5. The maximum absolute atomic E-state index is 15.2. The molecule has 4 atom stereocenters. The molecule has 0 aliphatic heterocycles. The van der Waals surface area contributed by atoms with Crippen LogP contribution in [0.2, 0.25) is 0 Å². The van der Waals surface area contributed by atoms with E-state index in [4.69, 9.17) is 4.74 Å². The van der Waals surface area contributed by atoms with Crippen LogP contribution in [-0.2, 0) is 19.1 Å². The van der Waals surface area contributed by atoms with Crippen molar-refractivity contribution in [2.24, 2.45) is 28.1 Å². The maximum atomic E-state index is 15.2. The van der Waals surface area contributed by atoms with Crippen molar-refractivity contribution in [1.29, 1.82) is 0 Å². The van der Waals surface area contributed by atoms with Gasteiger partial charge in [-0.05, 0) is 105 Å². The molecule has 2 aliphatic carbocycles. The van der Waals surface area contributed by atoms with Crippen molar-refractivity contribution >= 4 is 17.3 Å². The van der Waals surface area contributed by atoms with E-state index in [0.29, 0.717) is 49.9 Å². The van der Waals surface area contributed by atoms with Crippen LogP contribution in [-0.4, -0.2) is 24.5 Å². The zero-order valence-electron chi connectivity index (χ0n) is 27.3. The van der Waals surface area contributed by atoms with Crippen molar-refractivity contribution in [3.05, 3.63) is 57.9 Å². The molecule has 0 spiro atoms. The molecule has 0 radical (unpaired) electrons. The first kappa shape index (κ1) is 33.7. The number of methoxy groups -OCH3 is 1. The third-order valence-electron chi connectivity index (χ3n) is 9.15. The molecule has 2 rings (SSSR count). The molecule has 1 fully saturated rings. The third-order valence-corrected chi connectivity index (χ3v) is 9.15. The van der Waals surface area contributed by atoms with E-state index in [2.05, 4.69) is 52.8 Å². The molecule has 0 heterocycles. The Morgan fingerprint density at radius 1 is 0.900 bits per heavy atom. The van der Waals surface area contributed by atoms with E-state index in [9.17, 15) is 4.79 Å². The first-order valence-corrected chi connectivity index (χ1v) is 15.0. The fourth-order valence-corrected chi connectivity index (χ4v) is 7.01. The fraction of sp³-hybridized carbons (Fsp3) is 0.639. The number of ether oxygens (including phenoxy) is 1. The summed E-state index contributed by atoms with van der Waals surface area (Å²) in [6.07, 6.45) is 11.8. The van der Waals surface area contributed by atoms with Gasteiger partial charge in [0.1, 0.15) is 5.76 Å². The Hall–Kier alpha value is -2.49. The molecule has 0 aromatic heterocycles. The van der Waals surface area contributed by atoms with E-state index in [-0.39, 0.29) is 23.3 Å². The van der Waals surface area contributed by atoms with E-state index < -0.39 is 22.2 Å². The van der Waals surface area contributed by atoms with E-state index in [1.807, 2.05) is 47.6 Å². The summed E-state index contributed by atoms with van der Waals surface area (Å²) in [4.78, 5) is 44.9. The van der Waals surface area contributed by atoms with Crippen LogP contribution >= 0.6 is 0 Å². The van der Waals surface area contributed by atoms with Gasteiger partial charge in [-0.25, -0.2) is 0 Å². The summed E-state index contributed by atoms with van der Waals surface area (Å²) in [7, 11) is 1.58. The van der Waals surface area contributed by atoms with E-state index in [0.717, 1.165) is 11.1 Å². The topological polar surface area (TPSA) is 60.4 Å². The van der Waals surface area contributed by atoms with Gasteiger partial charge in [-0.3, -0.25) is 14.4 Å². The molecule has 40 heavy (non-hydrogen) atoms. The van der Waals surface area contributed by atoms with Crippen molar-refractivity contribution < 1.29 is 19.1 Å². The summed E-state index contributed by atoms with van der Waals surface area (Å²) in [5, 5.41) is 0. The molecule has 0 aromatic carbocycles. The minimum Gasteiger partial charge on any atom is -0.500 e. The molecule has 1 saturated carbocycles. The molecule has 0 N–H and O–H groups in total. The van der Waals surface area contributed by atoms with Crippen LogP contribution in [0.1, 0.15) is 115 Å². The number of rotatable bonds is 12. The maximum Gasteiger partial charge on any atom is 0.184 e. The Kier molecular flexibility index (Phi) is 11.0. The van der Waals surface area contributed by atoms with Gasteiger partial charge >= 0.3 is 0 Å². The number of Topliss-reactive ketones (excluding diaryl/α,β-unsaturated/α-hetero) is 3. The number of ketones is 3. The van der Waals surface area contributed by atoms with Crippen molar-refractivity contribution in [2.45, 2.75) is 115 Å². The average molecular weight is 551 g/mol. The molecule has 0 aromatic rings. The Bertz CT molecular complexity index is 1160. The van der Waals surface area contributed by atoms with Crippen LogP contribution in [0.15, 0.2) is 57.9 Å². The number of carbonyl (C=O) groups is 3. The van der Waals surface area contributed by atoms with Gasteiger partial charge in [-0.15, -0.1) is 0 Å². The van der Waals surface area contributed by atoms with Crippen LogP contribution in [0.5, 0.6) is 0 Å². The minimum atomic E-state index is -1.75. The standard InChI is InChI=1S/C36H54O4/c1-23(2)14-13-20-34(11)28(17-15-24(3)4)22-35(21-19-26(7)8)32(40-12)29(18-16-25(5)6)31(38)36(34,33(35)39)30(37)27(9)10/h14-16,19,27-28H,13,17-18,20-22H2,1-12H3. The Morgan fingerprint density at radius 2 is 1.45 bits per heavy atom. The number of allylic oxidation sites excluding steroid dienone is 10. The van der Waals surface area contributed by atoms with Crippen molar-refractivity contribution in [3.8, 4) is 0 Å². The van der Waals surface area contributed by atoms with Gasteiger partial charge in [0.05, 0.1) is 12.5 Å². The smallest absolute Gasteiger partial charge is 0.184 e. The van der Waals surface area contributed by atoms with Crippen LogP contribution in [0.25, 0.3) is 0 Å². The van der Waals surface area contributed by atoms with Gasteiger partial charge in [-0.2, -0.15) is 0 Å². The molecule has 4 unspecified atom stereocenters. The van der Waals surface area contributed by atoms with Crippen LogP contribution in [0.3, 0.4) is 0 Å².